The maximum atomic E-state index is 5.84. The summed E-state index contributed by atoms with van der Waals surface area (Å²) in [7, 11) is 4.21. The van der Waals surface area contributed by atoms with E-state index >= 15 is 0 Å². The molecule has 3 nitrogen and oxygen atoms in total. The largest absolute Gasteiger partial charge is 0.382 e. The van der Waals surface area contributed by atoms with E-state index in [9.17, 15) is 0 Å². The van der Waals surface area contributed by atoms with E-state index in [2.05, 4.69) is 62.4 Å². The van der Waals surface area contributed by atoms with Crippen molar-refractivity contribution in [2.45, 2.75) is 45.4 Å². The molecule has 0 amide bonds. The topological polar surface area (TPSA) is 24.5 Å². The Morgan fingerprint density at radius 1 is 1.35 bits per heavy atom. The maximum absolute atomic E-state index is 5.84. The van der Waals surface area contributed by atoms with Crippen molar-refractivity contribution in [3.05, 3.63) is 29.8 Å². The zero-order valence-electron chi connectivity index (χ0n) is 13.2. The Balaban J connectivity index is 1.95. The van der Waals surface area contributed by atoms with Gasteiger partial charge < -0.3 is 15.0 Å². The van der Waals surface area contributed by atoms with Gasteiger partial charge in [0, 0.05) is 24.9 Å². The molecule has 0 aliphatic carbocycles. The Labute approximate surface area is 123 Å². The Morgan fingerprint density at radius 2 is 2.15 bits per heavy atom. The third kappa shape index (κ3) is 4.50. The zero-order valence-corrected chi connectivity index (χ0v) is 13.2. The van der Waals surface area contributed by atoms with E-state index in [0.29, 0.717) is 18.1 Å². The minimum atomic E-state index is 0.395. The van der Waals surface area contributed by atoms with Crippen molar-refractivity contribution in [1.29, 1.82) is 0 Å². The van der Waals surface area contributed by atoms with Gasteiger partial charge in [-0.2, -0.15) is 0 Å². The van der Waals surface area contributed by atoms with Crippen LogP contribution in [0.2, 0.25) is 0 Å². The van der Waals surface area contributed by atoms with Gasteiger partial charge in [0.2, 0.25) is 0 Å². The molecule has 0 saturated carbocycles. The van der Waals surface area contributed by atoms with Crippen molar-refractivity contribution >= 4 is 5.69 Å². The van der Waals surface area contributed by atoms with Crippen molar-refractivity contribution in [3.8, 4) is 0 Å². The van der Waals surface area contributed by atoms with E-state index in [1.165, 1.54) is 11.3 Å². The molecule has 20 heavy (non-hydrogen) atoms. The first-order chi connectivity index (χ1) is 9.54. The first-order valence-electron chi connectivity index (χ1n) is 7.66. The molecule has 1 aliphatic rings. The van der Waals surface area contributed by atoms with E-state index in [4.69, 9.17) is 4.74 Å². The van der Waals surface area contributed by atoms with Crippen molar-refractivity contribution in [2.24, 2.45) is 5.92 Å². The van der Waals surface area contributed by atoms with Gasteiger partial charge in [-0.3, -0.25) is 0 Å². The smallest absolute Gasteiger partial charge is 0.0617 e. The molecule has 0 radical (unpaired) electrons. The summed E-state index contributed by atoms with van der Waals surface area (Å²) < 4.78 is 5.84. The average Bonchev–Trinajstić information content (AvgIpc) is 2.38. The molecule has 0 aromatic heterocycles. The molecule has 2 atom stereocenters. The highest BCUT2D eigenvalue weighted by Crippen LogP contribution is 2.23. The molecule has 1 aliphatic heterocycles. The predicted octanol–water partition coefficient (Wildman–Crippen LogP) is 3.36. The van der Waals surface area contributed by atoms with E-state index < -0.39 is 0 Å². The first-order valence-corrected chi connectivity index (χ1v) is 7.66. The predicted molar refractivity (Wildman–Crippen MR) is 85.1 cm³/mol. The van der Waals surface area contributed by atoms with Crippen LogP contribution in [0.1, 0.15) is 32.3 Å². The molecule has 2 unspecified atom stereocenters. The lowest BCUT2D eigenvalue weighted by Crippen LogP contribution is -2.36. The van der Waals surface area contributed by atoms with Crippen LogP contribution in [-0.4, -0.2) is 37.7 Å². The van der Waals surface area contributed by atoms with Gasteiger partial charge in [-0.25, -0.2) is 0 Å². The monoisotopic (exact) mass is 276 g/mol. The van der Waals surface area contributed by atoms with Crippen molar-refractivity contribution in [3.63, 3.8) is 0 Å². The Hall–Kier alpha value is -1.06. The number of benzene rings is 1. The Kier molecular flexibility index (Phi) is 5.44. The quantitative estimate of drug-likeness (QED) is 0.892. The second-order valence-corrected chi connectivity index (χ2v) is 6.46. The molecule has 112 valence electrons. The average molecular weight is 276 g/mol. The van der Waals surface area contributed by atoms with Crippen LogP contribution in [0.25, 0.3) is 0 Å². The second kappa shape index (κ2) is 7.09. The fourth-order valence-corrected chi connectivity index (χ4v) is 2.78. The normalized spacial score (nSPS) is 23.3. The SMILES string of the molecule is CC(C)C1CC(Nc2cccc(CN(C)C)c2)CCO1. The number of hydrogen-bond donors (Lipinski definition) is 1. The highest BCUT2D eigenvalue weighted by molar-refractivity contribution is 5.46. The minimum absolute atomic E-state index is 0.395. The third-order valence-corrected chi connectivity index (χ3v) is 3.86. The van der Waals surface area contributed by atoms with Gasteiger partial charge in [0.1, 0.15) is 0 Å². The Bertz CT molecular complexity index is 417. The van der Waals surface area contributed by atoms with Gasteiger partial charge in [-0.1, -0.05) is 26.0 Å². The Morgan fingerprint density at radius 3 is 2.85 bits per heavy atom. The summed E-state index contributed by atoms with van der Waals surface area (Å²) in [6, 6.07) is 9.29. The fourth-order valence-electron chi connectivity index (χ4n) is 2.78. The molecule has 1 fully saturated rings. The van der Waals surface area contributed by atoms with Crippen molar-refractivity contribution < 1.29 is 4.74 Å². The van der Waals surface area contributed by atoms with Gasteiger partial charge in [0.25, 0.3) is 0 Å². The summed E-state index contributed by atoms with van der Waals surface area (Å²) in [5.74, 6) is 0.597. The van der Waals surface area contributed by atoms with E-state index in [1.807, 2.05) is 0 Å². The molecule has 1 aromatic rings. The molecule has 1 N–H and O–H groups in total. The van der Waals surface area contributed by atoms with Crippen LogP contribution in [0.15, 0.2) is 24.3 Å². The number of rotatable bonds is 5. The molecule has 1 heterocycles. The summed E-state index contributed by atoms with van der Waals surface area (Å²) in [4.78, 5) is 2.20. The number of anilines is 1. The molecule has 0 bridgehead atoms. The minimum Gasteiger partial charge on any atom is -0.382 e. The van der Waals surface area contributed by atoms with Crippen LogP contribution in [0, 0.1) is 5.92 Å². The number of nitrogens with zero attached hydrogens (tertiary/aromatic N) is 1. The van der Waals surface area contributed by atoms with Crippen molar-refractivity contribution in [2.75, 3.05) is 26.0 Å². The summed E-state index contributed by atoms with van der Waals surface area (Å²) in [5, 5.41) is 3.68. The molecular weight excluding hydrogens is 248 g/mol. The summed E-state index contributed by atoms with van der Waals surface area (Å²) in [6.07, 6.45) is 2.60. The maximum Gasteiger partial charge on any atom is 0.0617 e. The van der Waals surface area contributed by atoms with Gasteiger partial charge >= 0.3 is 0 Å². The third-order valence-electron chi connectivity index (χ3n) is 3.86. The number of hydrogen-bond acceptors (Lipinski definition) is 3. The van der Waals surface area contributed by atoms with Gasteiger partial charge in [0.15, 0.2) is 0 Å². The molecule has 3 heteroatoms. The van der Waals surface area contributed by atoms with Crippen LogP contribution >= 0.6 is 0 Å². The van der Waals surface area contributed by atoms with Crippen LogP contribution in [-0.2, 0) is 11.3 Å². The van der Waals surface area contributed by atoms with E-state index in [-0.39, 0.29) is 0 Å². The molecule has 2 rings (SSSR count). The molecule has 1 saturated heterocycles. The van der Waals surface area contributed by atoms with Crippen LogP contribution in [0.4, 0.5) is 5.69 Å². The zero-order chi connectivity index (χ0) is 14.5. The summed E-state index contributed by atoms with van der Waals surface area (Å²) >= 11 is 0. The first kappa shape index (κ1) is 15.3. The van der Waals surface area contributed by atoms with Crippen LogP contribution in [0.3, 0.4) is 0 Å². The highest BCUT2D eigenvalue weighted by atomic mass is 16.5. The van der Waals surface area contributed by atoms with E-state index in [1.54, 1.807) is 0 Å². The highest BCUT2D eigenvalue weighted by Gasteiger charge is 2.24. The van der Waals surface area contributed by atoms with Gasteiger partial charge in [-0.15, -0.1) is 0 Å². The lowest BCUT2D eigenvalue weighted by molar-refractivity contribution is -0.0160. The van der Waals surface area contributed by atoms with E-state index in [0.717, 1.165) is 26.0 Å². The lowest BCUT2D eigenvalue weighted by atomic mass is 9.95. The molecule has 0 spiro atoms. The lowest BCUT2D eigenvalue weighted by Gasteiger charge is -2.33. The van der Waals surface area contributed by atoms with Gasteiger partial charge in [0.05, 0.1) is 6.10 Å². The standard InChI is InChI=1S/C17H28N2O/c1-13(2)17-11-16(8-9-20-17)18-15-7-5-6-14(10-15)12-19(3)4/h5-7,10,13,16-18H,8-9,11-12H2,1-4H3. The van der Waals surface area contributed by atoms with Gasteiger partial charge in [-0.05, 0) is 50.6 Å². The van der Waals surface area contributed by atoms with Crippen LogP contribution < -0.4 is 5.32 Å². The molecule has 1 aromatic carbocycles. The summed E-state index contributed by atoms with van der Waals surface area (Å²) in [6.45, 7) is 6.34. The second-order valence-electron chi connectivity index (χ2n) is 6.46. The number of ether oxygens (including phenoxy) is 1. The van der Waals surface area contributed by atoms with Crippen molar-refractivity contribution in [1.82, 2.24) is 4.90 Å². The van der Waals surface area contributed by atoms with Crippen LogP contribution in [0.5, 0.6) is 0 Å². The summed E-state index contributed by atoms with van der Waals surface area (Å²) in [5.41, 5.74) is 2.59. The fraction of sp³-hybridized carbons (Fsp3) is 0.647. The number of nitrogens with one attached hydrogen (secondary N) is 1. The molecular formula is C17H28N2O.